The summed E-state index contributed by atoms with van der Waals surface area (Å²) in [7, 11) is -4.51. The minimum atomic E-state index is -3.40. The maximum Gasteiger partial charge on any atom is 0.192 e. The summed E-state index contributed by atoms with van der Waals surface area (Å²) >= 11 is 0. The molecule has 0 atom stereocenters. The Morgan fingerprint density at radius 3 is 2.65 bits per heavy atom. The van der Waals surface area contributed by atoms with Crippen LogP contribution >= 0.6 is 0 Å². The van der Waals surface area contributed by atoms with E-state index in [1.54, 1.807) is 17.1 Å². The molecule has 140 valence electrons. The highest BCUT2D eigenvalue weighted by Gasteiger charge is 2.17. The molecule has 3 aromatic heterocycles. The van der Waals surface area contributed by atoms with Gasteiger partial charge in [0.25, 0.3) is 0 Å². The van der Waals surface area contributed by atoms with Crippen molar-refractivity contribution in [1.82, 2.24) is 24.4 Å². The summed E-state index contributed by atoms with van der Waals surface area (Å²) in [6, 6.07) is 2.54. The molecule has 0 N–H and O–H groups in total. The fraction of sp³-hybridized carbons (Fsp3) is 0.438. The van der Waals surface area contributed by atoms with E-state index in [1.165, 1.54) is 16.8 Å². The Bertz CT molecular complexity index is 1020. The highest BCUT2D eigenvalue weighted by atomic mass is 32.2. The number of aromatic nitrogens is 5. The number of hydrogen-bond acceptors (Lipinski definition) is 6. The molecule has 0 fully saturated rings. The van der Waals surface area contributed by atoms with E-state index in [9.17, 15) is 8.42 Å². The molecule has 3 heterocycles. The second-order valence-corrected chi connectivity index (χ2v) is 15.0. The summed E-state index contributed by atoms with van der Waals surface area (Å²) in [5.41, 5.74) is 2.02. The minimum Gasteiger partial charge on any atom is -0.360 e. The Morgan fingerprint density at radius 2 is 1.96 bits per heavy atom. The number of nitrogens with zero attached hydrogens (tertiary/aromatic N) is 5. The topological polar surface area (TPSA) is 91.4 Å². The average Bonchev–Trinajstić information content (AvgIpc) is 3.15. The van der Waals surface area contributed by atoms with E-state index < -0.39 is 17.9 Å². The van der Waals surface area contributed by atoms with Crippen LogP contribution in [0.5, 0.6) is 0 Å². The lowest BCUT2D eigenvalue weighted by molar-refractivity contribution is 0.0786. The Kier molecular flexibility index (Phi) is 5.00. The monoisotopic (exact) mass is 393 g/mol. The number of ether oxygens (including phenoxy) is 1. The van der Waals surface area contributed by atoms with Gasteiger partial charge >= 0.3 is 0 Å². The van der Waals surface area contributed by atoms with Crippen molar-refractivity contribution in [3.63, 3.8) is 0 Å². The van der Waals surface area contributed by atoms with Crippen LogP contribution in [0.1, 0.15) is 0 Å². The standard InChI is InChI=1S/C16H23N5O3SSi/c1-25(22,23)15-5-6-17-16-14(10-19-21(15)16)13-9-18-20(11-13)12-24-7-8-26(2,3)4/h5-6,9-11H,7-8,12H2,1-4H3. The first kappa shape index (κ1) is 18.7. The van der Waals surface area contributed by atoms with Gasteiger partial charge in [-0.15, -0.1) is 0 Å². The van der Waals surface area contributed by atoms with Crippen molar-refractivity contribution in [2.45, 2.75) is 37.4 Å². The lowest BCUT2D eigenvalue weighted by Crippen LogP contribution is -2.22. The first-order chi connectivity index (χ1) is 12.1. The fourth-order valence-electron chi connectivity index (χ4n) is 2.46. The molecule has 8 nitrogen and oxygen atoms in total. The van der Waals surface area contributed by atoms with Crippen LogP contribution in [0.2, 0.25) is 25.7 Å². The first-order valence-corrected chi connectivity index (χ1v) is 13.9. The molecule has 10 heteroatoms. The Labute approximate surface area is 153 Å². The van der Waals surface area contributed by atoms with Crippen LogP contribution in [0.15, 0.2) is 35.9 Å². The fourth-order valence-corrected chi connectivity index (χ4v) is 3.98. The number of fused-ring (bicyclic) bond motifs is 1. The molecule has 0 aliphatic heterocycles. The van der Waals surface area contributed by atoms with Crippen LogP contribution in [0.25, 0.3) is 16.8 Å². The number of hydrogen-bond donors (Lipinski definition) is 0. The van der Waals surface area contributed by atoms with E-state index in [0.29, 0.717) is 12.4 Å². The Balaban J connectivity index is 1.80. The van der Waals surface area contributed by atoms with Crippen molar-refractivity contribution in [2.75, 3.05) is 12.9 Å². The lowest BCUT2D eigenvalue weighted by atomic mass is 10.2. The van der Waals surface area contributed by atoms with Crippen molar-refractivity contribution in [1.29, 1.82) is 0 Å². The molecule has 0 bridgehead atoms. The van der Waals surface area contributed by atoms with E-state index in [1.807, 2.05) is 6.20 Å². The van der Waals surface area contributed by atoms with Crippen molar-refractivity contribution < 1.29 is 13.2 Å². The Hall–Kier alpha value is -2.04. The normalized spacial score (nSPS) is 12.8. The smallest absolute Gasteiger partial charge is 0.192 e. The molecule has 0 unspecified atom stereocenters. The zero-order valence-electron chi connectivity index (χ0n) is 15.4. The van der Waals surface area contributed by atoms with Gasteiger partial charge in [0, 0.05) is 44.5 Å². The van der Waals surface area contributed by atoms with Gasteiger partial charge in [0.2, 0.25) is 0 Å². The van der Waals surface area contributed by atoms with Gasteiger partial charge in [-0.3, -0.25) is 0 Å². The molecule has 0 spiro atoms. The predicted octanol–water partition coefficient (Wildman–Crippen LogP) is 2.31. The van der Waals surface area contributed by atoms with Crippen LogP contribution in [0.4, 0.5) is 0 Å². The van der Waals surface area contributed by atoms with Gasteiger partial charge in [-0.2, -0.15) is 10.2 Å². The Morgan fingerprint density at radius 1 is 1.19 bits per heavy atom. The molecule has 0 radical (unpaired) electrons. The summed E-state index contributed by atoms with van der Waals surface area (Å²) in [5.74, 6) is 0. The van der Waals surface area contributed by atoms with Crippen LogP contribution in [0, 0.1) is 0 Å². The van der Waals surface area contributed by atoms with Crippen molar-refractivity contribution in [3.05, 3.63) is 30.9 Å². The predicted molar refractivity (Wildman–Crippen MR) is 101 cm³/mol. The maximum absolute atomic E-state index is 11.9. The van der Waals surface area contributed by atoms with E-state index in [2.05, 4.69) is 34.8 Å². The van der Waals surface area contributed by atoms with Gasteiger partial charge in [-0.25, -0.2) is 22.6 Å². The van der Waals surface area contributed by atoms with Crippen LogP contribution in [0.3, 0.4) is 0 Å². The zero-order valence-corrected chi connectivity index (χ0v) is 17.2. The third-order valence-electron chi connectivity index (χ3n) is 3.91. The summed E-state index contributed by atoms with van der Waals surface area (Å²) in [4.78, 5) is 4.28. The van der Waals surface area contributed by atoms with Gasteiger partial charge in [-0.05, 0) is 12.1 Å². The molecule has 0 aliphatic carbocycles. The van der Waals surface area contributed by atoms with Gasteiger partial charge in [0.1, 0.15) is 6.73 Å². The molecular weight excluding hydrogens is 370 g/mol. The van der Waals surface area contributed by atoms with Gasteiger partial charge in [-0.1, -0.05) is 19.6 Å². The van der Waals surface area contributed by atoms with Gasteiger partial charge in [0.05, 0.1) is 12.4 Å². The third kappa shape index (κ3) is 4.19. The molecule has 0 aromatic carbocycles. The van der Waals surface area contributed by atoms with E-state index >= 15 is 0 Å². The SMILES string of the molecule is C[Si](C)(C)CCOCn1cc(-c2cnn3c(S(C)(=O)=O)ccnc23)cn1. The molecule has 0 aliphatic rings. The van der Waals surface area contributed by atoms with E-state index in [-0.39, 0.29) is 5.03 Å². The molecule has 0 saturated heterocycles. The van der Waals surface area contributed by atoms with Crippen molar-refractivity contribution in [3.8, 4) is 11.1 Å². The number of rotatable bonds is 7. The summed E-state index contributed by atoms with van der Waals surface area (Å²) in [5, 5.41) is 8.60. The van der Waals surface area contributed by atoms with Crippen LogP contribution in [-0.2, 0) is 21.3 Å². The highest BCUT2D eigenvalue weighted by molar-refractivity contribution is 7.90. The average molecular weight is 394 g/mol. The largest absolute Gasteiger partial charge is 0.360 e. The van der Waals surface area contributed by atoms with Gasteiger partial charge in [0.15, 0.2) is 20.5 Å². The van der Waals surface area contributed by atoms with Crippen LogP contribution < -0.4 is 0 Å². The molecule has 0 saturated carbocycles. The second kappa shape index (κ2) is 6.93. The lowest BCUT2D eigenvalue weighted by Gasteiger charge is -2.15. The molecule has 26 heavy (non-hydrogen) atoms. The molecular formula is C16H23N5O3SSi. The van der Waals surface area contributed by atoms with E-state index in [0.717, 1.165) is 30.0 Å². The minimum absolute atomic E-state index is 0.107. The molecule has 3 aromatic rings. The van der Waals surface area contributed by atoms with Crippen LogP contribution in [-0.4, -0.2) is 53.7 Å². The summed E-state index contributed by atoms with van der Waals surface area (Å²) in [6.45, 7) is 8.04. The summed E-state index contributed by atoms with van der Waals surface area (Å²) in [6.07, 6.45) is 7.78. The molecule has 3 rings (SSSR count). The second-order valence-electron chi connectivity index (χ2n) is 7.47. The van der Waals surface area contributed by atoms with Crippen molar-refractivity contribution >= 4 is 23.6 Å². The zero-order chi connectivity index (χ0) is 18.9. The van der Waals surface area contributed by atoms with E-state index in [4.69, 9.17) is 4.74 Å². The first-order valence-electron chi connectivity index (χ1n) is 8.28. The van der Waals surface area contributed by atoms with Crippen molar-refractivity contribution in [2.24, 2.45) is 0 Å². The molecule has 0 amide bonds. The highest BCUT2D eigenvalue weighted by Crippen LogP contribution is 2.24. The number of sulfone groups is 1. The maximum atomic E-state index is 11.9. The quantitative estimate of drug-likeness (QED) is 0.347. The third-order valence-corrected chi connectivity index (χ3v) is 6.68. The summed E-state index contributed by atoms with van der Waals surface area (Å²) < 4.78 is 32.5. The van der Waals surface area contributed by atoms with Gasteiger partial charge < -0.3 is 4.74 Å².